The van der Waals surface area contributed by atoms with Gasteiger partial charge in [0.25, 0.3) is 0 Å². The number of thiophene rings is 1. The van der Waals surface area contributed by atoms with Gasteiger partial charge >= 0.3 is 0 Å². The highest BCUT2D eigenvalue weighted by Crippen LogP contribution is 2.43. The average molecular weight is 439 g/mol. The predicted octanol–water partition coefficient (Wildman–Crippen LogP) is 6.65. The van der Waals surface area contributed by atoms with E-state index < -0.39 is 0 Å². The minimum absolute atomic E-state index is 0.150. The molecule has 0 radical (unpaired) electrons. The standard InChI is InChI=1S/C27H22N2O2S/c1-31-26-15-22(28-27(29-26)19-8-4-5-9-23(19)30)18-10-11-24-20(13-18)21-12-16-6-2-3-7-17(16)14-25(21)32-24/h2,4-6,8-11,13-16,30H,3,7,12H2,1H3. The molecule has 4 nitrogen and oxygen atoms in total. The van der Waals surface area contributed by atoms with Crippen LogP contribution >= 0.6 is 11.3 Å². The summed E-state index contributed by atoms with van der Waals surface area (Å²) >= 11 is 1.88. The molecule has 2 aliphatic rings. The SMILES string of the molecule is COc1cc(-c2ccc3sc4c(c3c2)CC2C=CCCC2=C4)nc(-c2ccccc2O)n1. The smallest absolute Gasteiger partial charge is 0.217 e. The molecule has 6 rings (SSSR count). The van der Waals surface area contributed by atoms with Gasteiger partial charge in [0.1, 0.15) is 5.75 Å². The molecule has 1 unspecified atom stereocenters. The van der Waals surface area contributed by atoms with E-state index in [9.17, 15) is 5.11 Å². The lowest BCUT2D eigenvalue weighted by molar-refractivity contribution is 0.397. The second-order valence-corrected chi connectivity index (χ2v) is 9.37. The average Bonchev–Trinajstić information content (AvgIpc) is 3.19. The number of aromatic hydroxyl groups is 1. The number of nitrogens with zero attached hydrogens (tertiary/aromatic N) is 2. The highest BCUT2D eigenvalue weighted by Gasteiger charge is 2.24. The van der Waals surface area contributed by atoms with E-state index in [1.165, 1.54) is 26.9 Å². The number of para-hydroxylation sites is 1. The molecule has 32 heavy (non-hydrogen) atoms. The zero-order valence-corrected chi connectivity index (χ0v) is 18.5. The molecule has 1 N–H and O–H groups in total. The van der Waals surface area contributed by atoms with Gasteiger partial charge in [0.15, 0.2) is 5.82 Å². The molecule has 1 atom stereocenters. The summed E-state index contributed by atoms with van der Waals surface area (Å²) in [7, 11) is 1.60. The van der Waals surface area contributed by atoms with Crippen molar-refractivity contribution in [2.24, 2.45) is 5.92 Å². The van der Waals surface area contributed by atoms with Crippen LogP contribution in [0.1, 0.15) is 23.3 Å². The first-order chi connectivity index (χ1) is 15.7. The number of methoxy groups -OCH3 is 1. The maximum Gasteiger partial charge on any atom is 0.217 e. The summed E-state index contributed by atoms with van der Waals surface area (Å²) in [4.78, 5) is 10.6. The van der Waals surface area contributed by atoms with E-state index in [1.807, 2.05) is 29.5 Å². The monoisotopic (exact) mass is 438 g/mol. The van der Waals surface area contributed by atoms with E-state index in [-0.39, 0.29) is 5.75 Å². The summed E-state index contributed by atoms with van der Waals surface area (Å²) in [6, 6.07) is 15.5. The van der Waals surface area contributed by atoms with Gasteiger partial charge in [-0.2, -0.15) is 4.98 Å². The van der Waals surface area contributed by atoms with Crippen molar-refractivity contribution in [3.05, 3.63) is 76.7 Å². The number of aromatic nitrogens is 2. The Balaban J connectivity index is 1.48. The van der Waals surface area contributed by atoms with Gasteiger partial charge in [-0.3, -0.25) is 0 Å². The van der Waals surface area contributed by atoms with Gasteiger partial charge in [-0.15, -0.1) is 11.3 Å². The largest absolute Gasteiger partial charge is 0.507 e. The van der Waals surface area contributed by atoms with Gasteiger partial charge in [0, 0.05) is 27.1 Å². The molecule has 5 heteroatoms. The second kappa shape index (κ2) is 7.61. The Hall–Kier alpha value is -3.44. The third-order valence-corrected chi connectivity index (χ3v) is 7.52. The Kier molecular flexibility index (Phi) is 4.58. The molecule has 0 fully saturated rings. The summed E-state index contributed by atoms with van der Waals surface area (Å²) in [5, 5.41) is 11.6. The first-order valence-electron chi connectivity index (χ1n) is 10.8. The first-order valence-corrected chi connectivity index (χ1v) is 11.7. The number of hydrogen-bond donors (Lipinski definition) is 1. The molecule has 0 aliphatic heterocycles. The molecule has 2 aromatic heterocycles. The maximum atomic E-state index is 10.3. The highest BCUT2D eigenvalue weighted by molar-refractivity contribution is 7.20. The number of hydrogen-bond acceptors (Lipinski definition) is 5. The third kappa shape index (κ3) is 3.21. The molecular formula is C27H22N2O2S. The zero-order chi connectivity index (χ0) is 21.7. The fourth-order valence-electron chi connectivity index (χ4n) is 4.70. The lowest BCUT2D eigenvalue weighted by Gasteiger charge is -2.24. The predicted molar refractivity (Wildman–Crippen MR) is 130 cm³/mol. The Bertz CT molecular complexity index is 1420. The van der Waals surface area contributed by atoms with Crippen LogP contribution in [0, 0.1) is 5.92 Å². The van der Waals surface area contributed by atoms with Crippen LogP contribution < -0.4 is 4.74 Å². The second-order valence-electron chi connectivity index (χ2n) is 8.29. The highest BCUT2D eigenvalue weighted by atomic mass is 32.1. The molecule has 2 heterocycles. The van der Waals surface area contributed by atoms with E-state index in [1.54, 1.807) is 24.8 Å². The van der Waals surface area contributed by atoms with Crippen molar-refractivity contribution in [2.45, 2.75) is 19.3 Å². The van der Waals surface area contributed by atoms with Crippen molar-refractivity contribution in [1.29, 1.82) is 0 Å². The van der Waals surface area contributed by atoms with Crippen LogP contribution in [0.4, 0.5) is 0 Å². The maximum absolute atomic E-state index is 10.3. The molecule has 0 saturated carbocycles. The van der Waals surface area contributed by atoms with Crippen LogP contribution in [0.15, 0.2) is 66.3 Å². The normalized spacial score (nSPS) is 17.0. The number of rotatable bonds is 3. The number of benzene rings is 2. The molecule has 0 spiro atoms. The Morgan fingerprint density at radius 1 is 1.09 bits per heavy atom. The van der Waals surface area contributed by atoms with Crippen LogP contribution in [-0.2, 0) is 6.42 Å². The number of phenols is 1. The number of ether oxygens (including phenoxy) is 1. The van der Waals surface area contributed by atoms with Crippen LogP contribution in [-0.4, -0.2) is 22.2 Å². The van der Waals surface area contributed by atoms with Crippen LogP contribution in [0.3, 0.4) is 0 Å². The van der Waals surface area contributed by atoms with Gasteiger partial charge in [0.05, 0.1) is 18.4 Å². The Morgan fingerprint density at radius 3 is 2.88 bits per heavy atom. The lowest BCUT2D eigenvalue weighted by Crippen LogP contribution is -2.12. The van der Waals surface area contributed by atoms with Gasteiger partial charge < -0.3 is 9.84 Å². The molecular weight excluding hydrogens is 416 g/mol. The summed E-state index contributed by atoms with van der Waals surface area (Å²) in [6.07, 6.45) is 10.5. The van der Waals surface area contributed by atoms with Crippen molar-refractivity contribution >= 4 is 27.5 Å². The minimum Gasteiger partial charge on any atom is -0.507 e. The fourth-order valence-corrected chi connectivity index (χ4v) is 5.89. The number of allylic oxidation sites excluding steroid dienone is 3. The summed E-state index contributed by atoms with van der Waals surface area (Å²) < 4.78 is 6.76. The summed E-state index contributed by atoms with van der Waals surface area (Å²) in [5.41, 5.74) is 5.39. The molecule has 0 amide bonds. The molecule has 2 aromatic carbocycles. The van der Waals surface area contributed by atoms with Crippen LogP contribution in [0.5, 0.6) is 11.6 Å². The summed E-state index contributed by atoms with van der Waals surface area (Å²) in [6.45, 7) is 0. The Morgan fingerprint density at radius 2 is 2.00 bits per heavy atom. The topological polar surface area (TPSA) is 55.2 Å². The third-order valence-electron chi connectivity index (χ3n) is 6.36. The van der Waals surface area contributed by atoms with Crippen molar-refractivity contribution in [3.8, 4) is 34.3 Å². The Labute approximate surface area is 190 Å². The van der Waals surface area contributed by atoms with Crippen molar-refractivity contribution in [1.82, 2.24) is 9.97 Å². The first kappa shape index (κ1) is 19.3. The van der Waals surface area contributed by atoms with E-state index in [0.29, 0.717) is 23.2 Å². The van der Waals surface area contributed by atoms with Gasteiger partial charge in [0.2, 0.25) is 5.88 Å². The van der Waals surface area contributed by atoms with E-state index in [4.69, 9.17) is 9.72 Å². The molecule has 158 valence electrons. The lowest BCUT2D eigenvalue weighted by atomic mass is 9.80. The van der Waals surface area contributed by atoms with E-state index in [0.717, 1.165) is 24.1 Å². The van der Waals surface area contributed by atoms with Crippen LogP contribution in [0.25, 0.3) is 38.8 Å². The number of phenolic OH excluding ortho intramolecular Hbond substituents is 1. The molecule has 4 aromatic rings. The number of fused-ring (bicyclic) bond motifs is 4. The van der Waals surface area contributed by atoms with Gasteiger partial charge in [-0.05, 0) is 60.6 Å². The van der Waals surface area contributed by atoms with Crippen molar-refractivity contribution in [3.63, 3.8) is 0 Å². The van der Waals surface area contributed by atoms with Gasteiger partial charge in [-0.25, -0.2) is 4.98 Å². The van der Waals surface area contributed by atoms with Crippen molar-refractivity contribution < 1.29 is 9.84 Å². The molecule has 0 bridgehead atoms. The minimum atomic E-state index is 0.150. The molecule has 2 aliphatic carbocycles. The molecule has 0 saturated heterocycles. The quantitative estimate of drug-likeness (QED) is 0.364. The van der Waals surface area contributed by atoms with Crippen molar-refractivity contribution in [2.75, 3.05) is 7.11 Å². The van der Waals surface area contributed by atoms with Crippen LogP contribution in [0.2, 0.25) is 0 Å². The zero-order valence-electron chi connectivity index (χ0n) is 17.7. The van der Waals surface area contributed by atoms with Gasteiger partial charge in [-0.1, -0.05) is 35.9 Å². The van der Waals surface area contributed by atoms with E-state index >= 15 is 0 Å². The van der Waals surface area contributed by atoms with E-state index in [2.05, 4.69) is 41.4 Å². The summed E-state index contributed by atoms with van der Waals surface area (Å²) in [5.74, 6) is 1.60. The fraction of sp³-hybridized carbons (Fsp3) is 0.185.